The van der Waals surface area contributed by atoms with Crippen molar-refractivity contribution in [1.29, 1.82) is 0 Å². The lowest BCUT2D eigenvalue weighted by Gasteiger charge is -2.55. The van der Waals surface area contributed by atoms with Crippen LogP contribution in [0.5, 0.6) is 0 Å². The molecule has 7 aromatic carbocycles. The molecule has 7 aromatic rings. The first-order chi connectivity index (χ1) is 31.9. The van der Waals surface area contributed by atoms with Crippen molar-refractivity contribution in [3.05, 3.63) is 191 Å². The maximum atomic E-state index is 2.93. The molecule has 0 bridgehead atoms. The molecule has 0 saturated heterocycles. The molecule has 0 radical (unpaired) electrons. The van der Waals surface area contributed by atoms with Gasteiger partial charge >= 0.3 is 0 Å². The van der Waals surface area contributed by atoms with Crippen molar-refractivity contribution < 1.29 is 0 Å². The van der Waals surface area contributed by atoms with Crippen LogP contribution in [0, 0.1) is 13.8 Å². The summed E-state index contributed by atoms with van der Waals surface area (Å²) in [6, 6.07) is 60.2. The van der Waals surface area contributed by atoms with Gasteiger partial charge < -0.3 is 14.7 Å². The zero-order valence-corrected chi connectivity index (χ0v) is 40.0. The maximum Gasteiger partial charge on any atom is 0.252 e. The van der Waals surface area contributed by atoms with Gasteiger partial charge in [0.05, 0.1) is 11.1 Å². The van der Waals surface area contributed by atoms with E-state index in [0.29, 0.717) is 0 Å². The van der Waals surface area contributed by atoms with Gasteiger partial charge in [-0.15, -0.1) is 0 Å². The van der Waals surface area contributed by atoms with Gasteiger partial charge in [-0.1, -0.05) is 173 Å². The van der Waals surface area contributed by atoms with Gasteiger partial charge in [0.15, 0.2) is 0 Å². The van der Waals surface area contributed by atoms with Gasteiger partial charge in [0.1, 0.15) is 0 Å². The van der Waals surface area contributed by atoms with Gasteiger partial charge in [0.2, 0.25) is 0 Å². The van der Waals surface area contributed by atoms with E-state index in [1.165, 1.54) is 121 Å². The van der Waals surface area contributed by atoms with Crippen molar-refractivity contribution in [3.63, 3.8) is 0 Å². The van der Waals surface area contributed by atoms with Crippen LogP contribution in [-0.4, -0.2) is 17.8 Å². The van der Waals surface area contributed by atoms with Crippen molar-refractivity contribution in [2.45, 2.75) is 127 Å². The first-order valence-corrected chi connectivity index (χ1v) is 25.1. The molecule has 328 valence electrons. The number of benzene rings is 7. The molecule has 4 atom stereocenters. The van der Waals surface area contributed by atoms with Crippen molar-refractivity contribution in [2.75, 3.05) is 14.7 Å². The Bertz CT molecular complexity index is 3110. The summed E-state index contributed by atoms with van der Waals surface area (Å²) in [6.07, 6.45) is 9.41. The first kappa shape index (κ1) is 40.3. The molecule has 4 aliphatic heterocycles. The molecule has 0 amide bonds. The van der Waals surface area contributed by atoms with Crippen molar-refractivity contribution in [2.24, 2.45) is 0 Å². The number of hydrogen-bond donors (Lipinski definition) is 0. The standard InChI is InChI=1S/C62H62BN3/c1-41-25-29-46(30-26-41)64-53-31-27-42(2)37-51(53)63-50-24-18-23-48-57(50)66(60(7)34-15-16-35-61(48,60)43-19-10-8-11-20-43)55-40-47(39-54(64)56(55)63)65-52-32-28-45(58(3,4)5)38-49(52)62(44-21-12-9-13-22-44)36-17-14-33-59(62,65)6/h8-13,18-32,37-40H,14-17,33-36H2,1-7H3. The monoisotopic (exact) mass is 860 g/mol. The maximum absolute atomic E-state index is 2.93. The smallest absolute Gasteiger partial charge is 0.252 e. The van der Waals surface area contributed by atoms with Gasteiger partial charge in [-0.2, -0.15) is 0 Å². The molecule has 13 rings (SSSR count). The second kappa shape index (κ2) is 13.8. The number of anilines is 7. The fourth-order valence-corrected chi connectivity index (χ4v) is 15.1. The molecule has 4 heteroatoms. The van der Waals surface area contributed by atoms with Gasteiger partial charge in [-0.25, -0.2) is 0 Å². The SMILES string of the molecule is Cc1ccc(N2c3ccc(C)cc3B3c4cccc5c4N(c4cc(N6c7ccc(C(C)(C)C)cc7C7(c8ccccc8)CCCCC67C)cc2c43)C2(C)CCCCC52c2ccccc2)cc1. The Morgan fingerprint density at radius 3 is 1.73 bits per heavy atom. The predicted molar refractivity (Wildman–Crippen MR) is 279 cm³/mol. The van der Waals surface area contributed by atoms with Crippen molar-refractivity contribution >= 4 is 62.9 Å². The third kappa shape index (κ3) is 5.01. The van der Waals surface area contributed by atoms with E-state index in [1.54, 1.807) is 0 Å². The molecule has 2 aliphatic carbocycles. The minimum atomic E-state index is -0.213. The Morgan fingerprint density at radius 1 is 0.470 bits per heavy atom. The van der Waals surface area contributed by atoms with Gasteiger partial charge in [-0.05, 0) is 139 Å². The van der Waals surface area contributed by atoms with Crippen LogP contribution >= 0.6 is 0 Å². The highest BCUT2D eigenvalue weighted by atomic mass is 15.3. The summed E-state index contributed by atoms with van der Waals surface area (Å²) >= 11 is 0. The van der Waals surface area contributed by atoms with Crippen LogP contribution in [0.4, 0.5) is 39.8 Å². The van der Waals surface area contributed by atoms with Crippen LogP contribution in [0.1, 0.15) is 125 Å². The van der Waals surface area contributed by atoms with E-state index in [-0.39, 0.29) is 34.0 Å². The summed E-state index contributed by atoms with van der Waals surface area (Å²) in [5.41, 5.74) is 22.9. The third-order valence-electron chi connectivity index (χ3n) is 18.1. The van der Waals surface area contributed by atoms with E-state index in [4.69, 9.17) is 0 Å². The van der Waals surface area contributed by atoms with E-state index in [0.717, 1.165) is 25.7 Å². The highest BCUT2D eigenvalue weighted by Crippen LogP contribution is 2.67. The quantitative estimate of drug-likeness (QED) is 0.163. The van der Waals surface area contributed by atoms with Gasteiger partial charge in [0.25, 0.3) is 6.71 Å². The Morgan fingerprint density at radius 2 is 1.06 bits per heavy atom. The second-order valence-corrected chi connectivity index (χ2v) is 22.5. The zero-order chi connectivity index (χ0) is 45.0. The largest absolute Gasteiger partial charge is 0.335 e. The highest BCUT2D eigenvalue weighted by molar-refractivity contribution is 7.00. The van der Waals surface area contributed by atoms with Crippen LogP contribution in [0.2, 0.25) is 0 Å². The summed E-state index contributed by atoms with van der Waals surface area (Å²) in [5.74, 6) is 0. The summed E-state index contributed by atoms with van der Waals surface area (Å²) in [6.45, 7) is 17.0. The Hall–Kier alpha value is -6.00. The summed E-state index contributed by atoms with van der Waals surface area (Å²) in [4.78, 5) is 8.44. The molecule has 4 unspecified atom stereocenters. The summed E-state index contributed by atoms with van der Waals surface area (Å²) in [7, 11) is 0. The predicted octanol–water partition coefficient (Wildman–Crippen LogP) is 13.8. The van der Waals surface area contributed by atoms with Crippen LogP contribution in [0.3, 0.4) is 0 Å². The van der Waals surface area contributed by atoms with Crippen LogP contribution in [0.15, 0.2) is 152 Å². The molecule has 6 aliphatic rings. The molecule has 2 saturated carbocycles. The van der Waals surface area contributed by atoms with E-state index in [1.807, 2.05) is 0 Å². The molecular formula is C62H62BN3. The van der Waals surface area contributed by atoms with Crippen molar-refractivity contribution in [3.8, 4) is 0 Å². The van der Waals surface area contributed by atoms with Gasteiger partial charge in [0, 0.05) is 50.6 Å². The Labute approximate surface area is 393 Å². The lowest BCUT2D eigenvalue weighted by molar-refractivity contribution is 0.214. The zero-order valence-electron chi connectivity index (χ0n) is 40.0. The molecular weight excluding hydrogens is 798 g/mol. The molecule has 0 spiro atoms. The molecule has 66 heavy (non-hydrogen) atoms. The molecule has 4 heterocycles. The number of rotatable bonds is 4. The fraction of sp³-hybridized carbons (Fsp3) is 0.323. The highest BCUT2D eigenvalue weighted by Gasteiger charge is 2.65. The molecule has 0 aromatic heterocycles. The Kier molecular flexibility index (Phi) is 8.42. The average molecular weight is 860 g/mol. The lowest BCUT2D eigenvalue weighted by Crippen LogP contribution is -2.65. The number of hydrogen-bond acceptors (Lipinski definition) is 3. The topological polar surface area (TPSA) is 9.72 Å². The molecule has 3 nitrogen and oxygen atoms in total. The summed E-state index contributed by atoms with van der Waals surface area (Å²) < 4.78 is 0. The number of para-hydroxylation sites is 1. The minimum Gasteiger partial charge on any atom is -0.335 e. The van der Waals surface area contributed by atoms with E-state index >= 15 is 0 Å². The Balaban J connectivity index is 1.16. The normalized spacial score (nSPS) is 25.4. The van der Waals surface area contributed by atoms with E-state index in [9.17, 15) is 0 Å². The fourth-order valence-electron chi connectivity index (χ4n) is 15.1. The van der Waals surface area contributed by atoms with Crippen molar-refractivity contribution in [1.82, 2.24) is 0 Å². The summed E-state index contributed by atoms with van der Waals surface area (Å²) in [5, 5.41) is 0. The van der Waals surface area contributed by atoms with E-state index in [2.05, 4.69) is 215 Å². The molecule has 2 fully saturated rings. The lowest BCUT2D eigenvalue weighted by atomic mass is 9.33. The first-order valence-electron chi connectivity index (χ1n) is 25.1. The van der Waals surface area contributed by atoms with Crippen LogP contribution < -0.4 is 31.1 Å². The molecule has 0 N–H and O–H groups in total. The third-order valence-corrected chi connectivity index (χ3v) is 18.1. The number of nitrogens with zero attached hydrogens (tertiary/aromatic N) is 3. The van der Waals surface area contributed by atoms with Crippen LogP contribution in [0.25, 0.3) is 0 Å². The minimum absolute atomic E-state index is 0.0260. The van der Waals surface area contributed by atoms with E-state index < -0.39 is 0 Å². The van der Waals surface area contributed by atoms with Gasteiger partial charge in [-0.3, -0.25) is 0 Å². The van der Waals surface area contributed by atoms with Crippen LogP contribution in [-0.2, 0) is 16.2 Å². The second-order valence-electron chi connectivity index (χ2n) is 22.5. The number of aryl methyl sites for hydroxylation is 2. The average Bonchev–Trinajstić information content (AvgIpc) is 3.72. The number of fused-ring (bicyclic) bond motifs is 10.